The summed E-state index contributed by atoms with van der Waals surface area (Å²) in [7, 11) is 5.28. The molecule has 0 aromatic heterocycles. The van der Waals surface area contributed by atoms with Gasteiger partial charge in [-0.15, -0.1) is 0 Å². The predicted octanol–water partition coefficient (Wildman–Crippen LogP) is 0.00370. The molecule has 2 heterocycles. The van der Waals surface area contributed by atoms with E-state index in [1.54, 1.807) is 19.4 Å². The summed E-state index contributed by atoms with van der Waals surface area (Å²) >= 11 is 0. The number of methoxy groups -OCH3 is 2. The zero-order valence-corrected chi connectivity index (χ0v) is 10.5. The Kier molecular flexibility index (Phi) is 3.49. The average Bonchev–Trinajstić information content (AvgIpc) is 2.39. The Morgan fingerprint density at radius 1 is 1.12 bits per heavy atom. The molecule has 0 aliphatic carbocycles. The van der Waals surface area contributed by atoms with Crippen molar-refractivity contribution in [2.45, 2.75) is 6.42 Å². The quantitative estimate of drug-likeness (QED) is 0.608. The SMILES string of the molecule is COC1=NN([N+]2(C)CCOCC2)N=C(OC)C1. The summed E-state index contributed by atoms with van der Waals surface area (Å²) in [5.74, 6) is 1.23. The van der Waals surface area contributed by atoms with Gasteiger partial charge in [-0.2, -0.15) is 4.59 Å². The van der Waals surface area contributed by atoms with E-state index in [0.717, 1.165) is 13.1 Å². The molecule has 1 fully saturated rings. The van der Waals surface area contributed by atoms with Gasteiger partial charge in [-0.25, -0.2) is 0 Å². The molecule has 7 nitrogen and oxygen atoms in total. The molecule has 0 radical (unpaired) electrons. The molecule has 7 heteroatoms. The molecule has 0 spiro atoms. The molecule has 0 bridgehead atoms. The number of nitrogens with zero attached hydrogens (tertiary/aromatic N) is 4. The van der Waals surface area contributed by atoms with Crippen LogP contribution >= 0.6 is 0 Å². The molecule has 0 aromatic carbocycles. The third-order valence-electron chi connectivity index (χ3n) is 3.04. The minimum atomic E-state index is 0.500. The first-order valence-corrected chi connectivity index (χ1v) is 5.64. The standard InChI is InChI=1S/C10H19N4O3/c1-14(4-6-17-7-5-14)13-11-9(15-2)8-10(12-13)16-3/h4-8H2,1-3H3/q+1. The van der Waals surface area contributed by atoms with Crippen LogP contribution in [0.3, 0.4) is 0 Å². The van der Waals surface area contributed by atoms with Gasteiger partial charge in [0.2, 0.25) is 11.8 Å². The number of hydrogen-bond acceptors (Lipinski definition) is 6. The fraction of sp³-hybridized carbons (Fsp3) is 0.800. The Hall–Kier alpha value is -1.34. The molecular formula is C10H19N4O3+. The van der Waals surface area contributed by atoms with E-state index >= 15 is 0 Å². The summed E-state index contributed by atoms with van der Waals surface area (Å²) in [5.41, 5.74) is 0. The lowest BCUT2D eigenvalue weighted by molar-refractivity contribution is -1.03. The van der Waals surface area contributed by atoms with Crippen molar-refractivity contribution >= 4 is 11.8 Å². The van der Waals surface area contributed by atoms with Gasteiger partial charge in [-0.05, 0) is 5.23 Å². The minimum absolute atomic E-state index is 0.500. The molecule has 17 heavy (non-hydrogen) atoms. The number of hydrazone groups is 2. The summed E-state index contributed by atoms with van der Waals surface area (Å²) in [6, 6.07) is 0. The third-order valence-corrected chi connectivity index (χ3v) is 3.04. The Morgan fingerprint density at radius 2 is 1.65 bits per heavy atom. The van der Waals surface area contributed by atoms with Crippen molar-refractivity contribution < 1.29 is 18.8 Å². The molecule has 0 saturated carbocycles. The molecule has 2 aliphatic heterocycles. The molecule has 0 unspecified atom stereocenters. The predicted molar refractivity (Wildman–Crippen MR) is 62.1 cm³/mol. The van der Waals surface area contributed by atoms with Gasteiger partial charge >= 0.3 is 0 Å². The molecular weight excluding hydrogens is 224 g/mol. The van der Waals surface area contributed by atoms with E-state index in [1.807, 2.05) is 0 Å². The fourth-order valence-electron chi connectivity index (χ4n) is 1.78. The first-order chi connectivity index (χ1) is 8.18. The van der Waals surface area contributed by atoms with Crippen molar-refractivity contribution in [1.29, 1.82) is 0 Å². The number of ether oxygens (including phenoxy) is 3. The van der Waals surface area contributed by atoms with Crippen molar-refractivity contribution in [3.8, 4) is 0 Å². The first-order valence-electron chi connectivity index (χ1n) is 5.64. The third kappa shape index (κ3) is 2.50. The van der Waals surface area contributed by atoms with Gasteiger partial charge in [0, 0.05) is 0 Å². The van der Waals surface area contributed by atoms with Crippen LogP contribution in [0.15, 0.2) is 10.2 Å². The number of hydrogen-bond donors (Lipinski definition) is 0. The molecule has 1 saturated heterocycles. The lowest BCUT2D eigenvalue weighted by Gasteiger charge is -2.40. The Labute approximate surface area is 101 Å². The molecule has 0 N–H and O–H groups in total. The van der Waals surface area contributed by atoms with Crippen LogP contribution in [0, 0.1) is 0 Å². The summed E-state index contributed by atoms with van der Waals surface area (Å²) in [6.45, 7) is 3.09. The van der Waals surface area contributed by atoms with Crippen molar-refractivity contribution in [3.63, 3.8) is 0 Å². The second-order valence-electron chi connectivity index (χ2n) is 4.24. The fourth-order valence-corrected chi connectivity index (χ4v) is 1.78. The summed E-state index contributed by atoms with van der Waals surface area (Å²) in [6.07, 6.45) is 0.500. The van der Waals surface area contributed by atoms with Gasteiger partial charge < -0.3 is 14.2 Å². The monoisotopic (exact) mass is 243 g/mol. The van der Waals surface area contributed by atoms with Gasteiger partial charge in [-0.3, -0.25) is 0 Å². The van der Waals surface area contributed by atoms with Crippen molar-refractivity contribution in [1.82, 2.24) is 5.23 Å². The lowest BCUT2D eigenvalue weighted by atomic mass is 10.4. The molecule has 96 valence electrons. The Morgan fingerprint density at radius 3 is 2.12 bits per heavy atom. The highest BCUT2D eigenvalue weighted by Crippen LogP contribution is 2.18. The van der Waals surface area contributed by atoms with E-state index in [9.17, 15) is 0 Å². The lowest BCUT2D eigenvalue weighted by Crippen LogP contribution is -2.59. The summed E-state index contributed by atoms with van der Waals surface area (Å²) in [5, 5.41) is 10.4. The largest absolute Gasteiger partial charge is 0.482 e. The van der Waals surface area contributed by atoms with E-state index < -0.39 is 0 Å². The van der Waals surface area contributed by atoms with Gasteiger partial charge in [0.1, 0.15) is 19.5 Å². The van der Waals surface area contributed by atoms with Crippen LogP contribution in [0.1, 0.15) is 6.42 Å². The first kappa shape index (κ1) is 12.1. The molecule has 0 aromatic rings. The normalized spacial score (nSPS) is 23.8. The maximum absolute atomic E-state index is 5.36. The Balaban J connectivity index is 2.19. The van der Waals surface area contributed by atoms with Gasteiger partial charge in [0.25, 0.3) is 0 Å². The summed E-state index contributed by atoms with van der Waals surface area (Å²) < 4.78 is 16.3. The van der Waals surface area contributed by atoms with Crippen LogP contribution in [-0.2, 0) is 14.2 Å². The van der Waals surface area contributed by atoms with Crippen molar-refractivity contribution in [3.05, 3.63) is 0 Å². The van der Waals surface area contributed by atoms with Crippen LogP contribution in [0.4, 0.5) is 0 Å². The minimum Gasteiger partial charge on any atom is -0.482 e. The van der Waals surface area contributed by atoms with E-state index in [1.165, 1.54) is 0 Å². The Bertz CT molecular complexity index is 316. The smallest absolute Gasteiger partial charge is 0.222 e. The van der Waals surface area contributed by atoms with E-state index in [-0.39, 0.29) is 0 Å². The average molecular weight is 243 g/mol. The van der Waals surface area contributed by atoms with Crippen LogP contribution in [-0.4, -0.2) is 69.2 Å². The maximum atomic E-state index is 5.36. The zero-order chi connectivity index (χ0) is 12.3. The van der Waals surface area contributed by atoms with Crippen molar-refractivity contribution in [2.75, 3.05) is 47.6 Å². The number of quaternary nitrogens is 1. The second kappa shape index (κ2) is 4.89. The van der Waals surface area contributed by atoms with E-state index in [4.69, 9.17) is 14.2 Å². The van der Waals surface area contributed by atoms with E-state index in [2.05, 4.69) is 17.3 Å². The van der Waals surface area contributed by atoms with Crippen molar-refractivity contribution in [2.24, 2.45) is 10.2 Å². The highest BCUT2D eigenvalue weighted by molar-refractivity contribution is 5.97. The molecule has 2 rings (SSSR count). The number of rotatable bonds is 1. The van der Waals surface area contributed by atoms with Gasteiger partial charge in [0.15, 0.2) is 0 Å². The zero-order valence-electron chi connectivity index (χ0n) is 10.5. The molecule has 0 atom stereocenters. The highest BCUT2D eigenvalue weighted by atomic mass is 16.5. The topological polar surface area (TPSA) is 55.7 Å². The second-order valence-corrected chi connectivity index (χ2v) is 4.24. The van der Waals surface area contributed by atoms with Crippen LogP contribution < -0.4 is 0 Å². The van der Waals surface area contributed by atoms with E-state index in [0.29, 0.717) is 36.0 Å². The number of likely N-dealkylation sites (N-methyl/N-ethyl adjacent to an activating group) is 1. The van der Waals surface area contributed by atoms with Crippen LogP contribution in [0.25, 0.3) is 0 Å². The van der Waals surface area contributed by atoms with Gasteiger partial charge in [-0.1, -0.05) is 10.2 Å². The highest BCUT2D eigenvalue weighted by Gasteiger charge is 2.36. The molecule has 2 aliphatic rings. The van der Waals surface area contributed by atoms with Crippen LogP contribution in [0.2, 0.25) is 0 Å². The number of morpholine rings is 1. The maximum Gasteiger partial charge on any atom is 0.222 e. The van der Waals surface area contributed by atoms with Crippen LogP contribution in [0.5, 0.6) is 0 Å². The summed E-state index contributed by atoms with van der Waals surface area (Å²) in [4.78, 5) is 0. The molecule has 0 amide bonds. The van der Waals surface area contributed by atoms with Gasteiger partial charge in [0.05, 0.1) is 34.5 Å².